The van der Waals surface area contributed by atoms with Crippen molar-refractivity contribution < 1.29 is 19.0 Å². The van der Waals surface area contributed by atoms with E-state index in [4.69, 9.17) is 14.2 Å². The minimum Gasteiger partial charge on any atom is -0.382 e. The van der Waals surface area contributed by atoms with E-state index in [0.29, 0.717) is 54.3 Å². The maximum absolute atomic E-state index is 12.6. The van der Waals surface area contributed by atoms with Crippen LogP contribution < -0.4 is 0 Å². The van der Waals surface area contributed by atoms with E-state index in [1.807, 2.05) is 0 Å². The Hall–Kier alpha value is -0.750. The lowest BCUT2D eigenvalue weighted by Gasteiger charge is -2.54. The minimum atomic E-state index is -0.0155. The Morgan fingerprint density at radius 2 is 1.87 bits per heavy atom. The van der Waals surface area contributed by atoms with Gasteiger partial charge in [0.05, 0.1) is 31.5 Å². The van der Waals surface area contributed by atoms with Crippen molar-refractivity contribution in [1.82, 2.24) is 4.90 Å². The van der Waals surface area contributed by atoms with Crippen LogP contribution in [0.25, 0.3) is 0 Å². The fourth-order valence-corrected chi connectivity index (χ4v) is 11.1. The van der Waals surface area contributed by atoms with Gasteiger partial charge in [-0.15, -0.1) is 0 Å². The summed E-state index contributed by atoms with van der Waals surface area (Å²) >= 11 is 0. The van der Waals surface area contributed by atoms with E-state index in [0.717, 1.165) is 56.7 Å². The Morgan fingerprint density at radius 3 is 2.67 bits per heavy atom. The molecule has 5 fully saturated rings. The van der Waals surface area contributed by atoms with Crippen molar-refractivity contribution in [1.29, 1.82) is 0 Å². The zero-order valence-electron chi connectivity index (χ0n) is 25.7. The van der Waals surface area contributed by atoms with E-state index >= 15 is 0 Å². The lowest BCUT2D eigenvalue weighted by molar-refractivity contribution is -0.138. The molecule has 3 saturated carbocycles. The second-order valence-electron chi connectivity index (χ2n) is 15.0. The smallest absolute Gasteiger partial charge is 0.136 e. The molecule has 1 spiro atoms. The van der Waals surface area contributed by atoms with Crippen LogP contribution in [0.5, 0.6) is 0 Å². The Morgan fingerprint density at radius 1 is 1.05 bits per heavy atom. The van der Waals surface area contributed by atoms with Gasteiger partial charge in [0, 0.05) is 44.5 Å². The highest BCUT2D eigenvalue weighted by Crippen LogP contribution is 2.65. The number of allylic oxidation sites excluding steroid dienone is 1. The molecular weight excluding hydrogens is 486 g/mol. The number of carbonyl (C=O) groups excluding carboxylic acids is 1. The first-order valence-corrected chi connectivity index (χ1v) is 16.4. The van der Waals surface area contributed by atoms with Crippen molar-refractivity contribution in [3.05, 3.63) is 11.1 Å². The molecule has 11 atom stereocenters. The van der Waals surface area contributed by atoms with Crippen molar-refractivity contribution in [3.8, 4) is 0 Å². The van der Waals surface area contributed by atoms with Gasteiger partial charge in [0.25, 0.3) is 0 Å². The number of ether oxygens (including phenoxy) is 3. The maximum atomic E-state index is 12.6. The van der Waals surface area contributed by atoms with Crippen LogP contribution in [0.3, 0.4) is 0 Å². The summed E-state index contributed by atoms with van der Waals surface area (Å²) in [4.78, 5) is 15.3. The first-order valence-electron chi connectivity index (χ1n) is 16.4. The fraction of sp³-hybridized carbons (Fsp3) is 0.912. The molecule has 5 nitrogen and oxygen atoms in total. The SMILES string of the molecule is COCCOCCN1C[C@@H](C)C[C@H]2O[C@]3(CC[C@@H]4C(=C(C)C3)C[C@H]3[C@H]4CCC4C(C)C(=O)CC[C@@]43C)[C@H](C)[C@@H]21. The van der Waals surface area contributed by atoms with Gasteiger partial charge in [0.15, 0.2) is 0 Å². The van der Waals surface area contributed by atoms with Gasteiger partial charge in [-0.2, -0.15) is 0 Å². The van der Waals surface area contributed by atoms with Crippen LogP contribution in [-0.4, -0.2) is 68.4 Å². The Kier molecular flexibility index (Phi) is 7.87. The maximum Gasteiger partial charge on any atom is 0.136 e. The summed E-state index contributed by atoms with van der Waals surface area (Å²) in [7, 11) is 1.74. The van der Waals surface area contributed by atoms with E-state index in [1.54, 1.807) is 18.3 Å². The molecule has 2 saturated heterocycles. The number of piperidine rings is 1. The van der Waals surface area contributed by atoms with Crippen molar-refractivity contribution in [2.24, 2.45) is 46.8 Å². The van der Waals surface area contributed by atoms with E-state index < -0.39 is 0 Å². The number of likely N-dealkylation sites (tertiary alicyclic amines) is 1. The third kappa shape index (κ3) is 4.70. The summed E-state index contributed by atoms with van der Waals surface area (Å²) in [5.74, 6) is 4.92. The van der Waals surface area contributed by atoms with Crippen molar-refractivity contribution >= 4 is 5.78 Å². The monoisotopic (exact) mass is 541 g/mol. The molecule has 6 rings (SSSR count). The van der Waals surface area contributed by atoms with Crippen molar-refractivity contribution in [2.75, 3.05) is 40.0 Å². The first kappa shape index (κ1) is 28.4. The molecule has 6 aliphatic rings. The van der Waals surface area contributed by atoms with E-state index in [9.17, 15) is 4.79 Å². The van der Waals surface area contributed by atoms with Gasteiger partial charge in [-0.25, -0.2) is 0 Å². The minimum absolute atomic E-state index is 0.0155. The number of Topliss-reactive ketones (excluding diaryl/α,β-unsaturated/α-hetero) is 1. The molecule has 0 bridgehead atoms. The first-order chi connectivity index (χ1) is 18.7. The molecule has 39 heavy (non-hydrogen) atoms. The lowest BCUT2D eigenvalue weighted by Crippen LogP contribution is -2.52. The Bertz CT molecular complexity index is 963. The molecule has 5 heteroatoms. The summed E-state index contributed by atoms with van der Waals surface area (Å²) < 4.78 is 18.3. The van der Waals surface area contributed by atoms with Crippen LogP contribution in [-0.2, 0) is 19.0 Å². The van der Waals surface area contributed by atoms with Crippen LogP contribution in [0.15, 0.2) is 11.1 Å². The zero-order valence-corrected chi connectivity index (χ0v) is 25.7. The molecule has 0 aromatic heterocycles. The molecular formula is C34H55NO4. The Balaban J connectivity index is 1.20. The summed E-state index contributed by atoms with van der Waals surface area (Å²) in [6.45, 7) is 16.4. The number of hydrogen-bond acceptors (Lipinski definition) is 5. The van der Waals surface area contributed by atoms with E-state index in [2.05, 4.69) is 39.5 Å². The molecule has 0 aromatic rings. The number of ketones is 1. The molecule has 0 aromatic carbocycles. The molecule has 2 heterocycles. The number of nitrogens with zero attached hydrogens (tertiary/aromatic N) is 1. The normalized spacial score (nSPS) is 48.1. The average molecular weight is 542 g/mol. The molecule has 0 N–H and O–H groups in total. The average Bonchev–Trinajstić information content (AvgIpc) is 3.36. The van der Waals surface area contributed by atoms with Crippen LogP contribution in [0.4, 0.5) is 0 Å². The van der Waals surface area contributed by atoms with Crippen molar-refractivity contribution in [3.63, 3.8) is 0 Å². The van der Waals surface area contributed by atoms with Crippen LogP contribution in [0.1, 0.15) is 92.4 Å². The second-order valence-corrected chi connectivity index (χ2v) is 15.0. The summed E-state index contributed by atoms with van der Waals surface area (Å²) in [5, 5.41) is 0. The summed E-state index contributed by atoms with van der Waals surface area (Å²) in [5.41, 5.74) is 3.79. The summed E-state index contributed by atoms with van der Waals surface area (Å²) in [6.07, 6.45) is 11.0. The molecule has 2 aliphatic heterocycles. The quantitative estimate of drug-likeness (QED) is 0.292. The predicted octanol–water partition coefficient (Wildman–Crippen LogP) is 6.30. The molecule has 0 radical (unpaired) electrons. The van der Waals surface area contributed by atoms with Gasteiger partial charge < -0.3 is 14.2 Å². The summed E-state index contributed by atoms with van der Waals surface area (Å²) in [6, 6.07) is 0.506. The molecule has 0 amide bonds. The molecule has 2 unspecified atom stereocenters. The van der Waals surface area contributed by atoms with Gasteiger partial charge in [-0.05, 0) is 93.3 Å². The van der Waals surface area contributed by atoms with E-state index in [1.165, 1.54) is 38.5 Å². The third-order valence-corrected chi connectivity index (χ3v) is 13.1. The topological polar surface area (TPSA) is 48.0 Å². The van der Waals surface area contributed by atoms with Gasteiger partial charge in [0.1, 0.15) is 5.78 Å². The van der Waals surface area contributed by atoms with Gasteiger partial charge in [0.2, 0.25) is 0 Å². The molecule has 4 aliphatic carbocycles. The zero-order chi connectivity index (χ0) is 27.5. The highest BCUT2D eigenvalue weighted by molar-refractivity contribution is 5.82. The van der Waals surface area contributed by atoms with Crippen molar-refractivity contribution in [2.45, 2.75) is 110 Å². The van der Waals surface area contributed by atoms with Crippen LogP contribution in [0.2, 0.25) is 0 Å². The largest absolute Gasteiger partial charge is 0.382 e. The van der Waals surface area contributed by atoms with E-state index in [-0.39, 0.29) is 11.5 Å². The predicted molar refractivity (Wildman–Crippen MR) is 154 cm³/mol. The highest BCUT2D eigenvalue weighted by atomic mass is 16.5. The van der Waals surface area contributed by atoms with Gasteiger partial charge >= 0.3 is 0 Å². The standard InChI is InChI=1S/C34H55NO4/c1-21-17-31-32(35(20-21)13-14-38-16-15-37-6)24(4)34(39-31)12-9-25-26-7-8-28-23(3)30(36)10-11-33(28,5)29(26)18-27(25)22(2)19-34/h21,23-26,28-29,31-32H,7-20H2,1-6H3/t21-,23?,24+,25-,26-,28?,29-,31+,32-,33-,34-/m0/s1. The number of carbonyl (C=O) groups is 1. The highest BCUT2D eigenvalue weighted by Gasteiger charge is 2.61. The lowest BCUT2D eigenvalue weighted by atomic mass is 9.50. The van der Waals surface area contributed by atoms with Gasteiger partial charge in [-0.3, -0.25) is 9.69 Å². The number of methoxy groups -OCH3 is 1. The van der Waals surface area contributed by atoms with Gasteiger partial charge in [-0.1, -0.05) is 38.8 Å². The van der Waals surface area contributed by atoms with Crippen LogP contribution in [0, 0.1) is 46.8 Å². The second kappa shape index (κ2) is 10.8. The fourth-order valence-electron chi connectivity index (χ4n) is 11.1. The third-order valence-electron chi connectivity index (χ3n) is 13.1. The number of hydrogen-bond donors (Lipinski definition) is 0. The molecule has 220 valence electrons. The Labute approximate surface area is 237 Å². The van der Waals surface area contributed by atoms with Crippen LogP contribution >= 0.6 is 0 Å². The number of rotatable bonds is 6. The number of fused-ring (bicyclic) bond motifs is 6.